The zero-order chi connectivity index (χ0) is 15.4. The SMILES string of the molecule is Cc1nc(CNC(=O)Nc2nnc(C3CCCCC3)s2)no1. The van der Waals surface area contributed by atoms with Gasteiger partial charge in [0, 0.05) is 12.8 Å². The number of hydrogen-bond acceptors (Lipinski definition) is 7. The van der Waals surface area contributed by atoms with Gasteiger partial charge in [-0.2, -0.15) is 4.98 Å². The normalized spacial score (nSPS) is 15.7. The Labute approximate surface area is 131 Å². The van der Waals surface area contributed by atoms with E-state index >= 15 is 0 Å². The highest BCUT2D eigenvalue weighted by Gasteiger charge is 2.20. The summed E-state index contributed by atoms with van der Waals surface area (Å²) < 4.78 is 4.83. The topological polar surface area (TPSA) is 106 Å². The molecule has 118 valence electrons. The van der Waals surface area contributed by atoms with Crippen LogP contribution < -0.4 is 10.6 Å². The van der Waals surface area contributed by atoms with E-state index in [1.54, 1.807) is 6.92 Å². The second-order valence-corrected chi connectivity index (χ2v) is 6.33. The Kier molecular flexibility index (Phi) is 4.62. The number of nitrogens with one attached hydrogen (secondary N) is 2. The third kappa shape index (κ3) is 3.79. The Morgan fingerprint density at radius 3 is 2.86 bits per heavy atom. The molecule has 2 amide bonds. The molecule has 1 aliphatic carbocycles. The number of carbonyl (C=O) groups is 1. The van der Waals surface area contributed by atoms with E-state index < -0.39 is 0 Å². The van der Waals surface area contributed by atoms with Crippen molar-refractivity contribution in [2.24, 2.45) is 0 Å². The lowest BCUT2D eigenvalue weighted by atomic mass is 9.90. The first-order chi connectivity index (χ1) is 10.7. The van der Waals surface area contributed by atoms with Crippen molar-refractivity contribution in [3.8, 4) is 0 Å². The summed E-state index contributed by atoms with van der Waals surface area (Å²) in [5, 5.41) is 18.8. The summed E-state index contributed by atoms with van der Waals surface area (Å²) in [5.74, 6) is 1.40. The maximum absolute atomic E-state index is 11.8. The molecule has 2 heterocycles. The molecule has 9 heteroatoms. The van der Waals surface area contributed by atoms with E-state index in [9.17, 15) is 4.79 Å². The summed E-state index contributed by atoms with van der Waals surface area (Å²) in [6.45, 7) is 1.90. The molecule has 0 atom stereocenters. The fourth-order valence-corrected chi connectivity index (χ4v) is 3.42. The molecule has 1 aliphatic rings. The largest absolute Gasteiger partial charge is 0.340 e. The minimum Gasteiger partial charge on any atom is -0.340 e. The number of aryl methyl sites for hydroxylation is 1. The summed E-state index contributed by atoms with van der Waals surface area (Å²) >= 11 is 1.45. The molecule has 1 fully saturated rings. The number of anilines is 1. The van der Waals surface area contributed by atoms with E-state index in [1.165, 1.54) is 30.6 Å². The fourth-order valence-electron chi connectivity index (χ4n) is 2.51. The van der Waals surface area contributed by atoms with Crippen molar-refractivity contribution >= 4 is 22.5 Å². The average Bonchev–Trinajstić information content (AvgIpc) is 3.15. The molecule has 0 bridgehead atoms. The Hall–Kier alpha value is -2.03. The monoisotopic (exact) mass is 322 g/mol. The van der Waals surface area contributed by atoms with Crippen LogP contribution in [0.2, 0.25) is 0 Å². The predicted molar refractivity (Wildman–Crippen MR) is 80.6 cm³/mol. The molecule has 1 saturated carbocycles. The summed E-state index contributed by atoms with van der Waals surface area (Å²) in [6, 6.07) is -0.353. The first-order valence-corrected chi connectivity index (χ1v) is 8.20. The standard InChI is InChI=1S/C13H18N6O2S/c1-8-15-10(19-21-8)7-14-12(20)16-13-18-17-11(22-13)9-5-3-2-4-6-9/h9H,2-7H2,1H3,(H2,14,16,18,20). The lowest BCUT2D eigenvalue weighted by Crippen LogP contribution is -2.28. The van der Waals surface area contributed by atoms with E-state index in [4.69, 9.17) is 4.52 Å². The van der Waals surface area contributed by atoms with E-state index in [1.807, 2.05) is 0 Å². The molecule has 0 aromatic carbocycles. The van der Waals surface area contributed by atoms with Crippen LogP contribution in [0.1, 0.15) is 54.7 Å². The maximum Gasteiger partial charge on any atom is 0.321 e. The van der Waals surface area contributed by atoms with Crippen LogP contribution in [0.25, 0.3) is 0 Å². The molecule has 0 aliphatic heterocycles. The van der Waals surface area contributed by atoms with Crippen LogP contribution in [0, 0.1) is 6.92 Å². The molecule has 8 nitrogen and oxygen atoms in total. The molecule has 0 saturated heterocycles. The predicted octanol–water partition coefficient (Wildman–Crippen LogP) is 2.60. The van der Waals surface area contributed by atoms with Gasteiger partial charge in [0.1, 0.15) is 5.01 Å². The van der Waals surface area contributed by atoms with Crippen LogP contribution in [0.15, 0.2) is 4.52 Å². The number of nitrogens with zero attached hydrogens (tertiary/aromatic N) is 4. The Morgan fingerprint density at radius 1 is 1.32 bits per heavy atom. The molecule has 0 spiro atoms. The van der Waals surface area contributed by atoms with Gasteiger partial charge >= 0.3 is 6.03 Å². The van der Waals surface area contributed by atoms with Crippen molar-refractivity contribution in [1.29, 1.82) is 0 Å². The van der Waals surface area contributed by atoms with Gasteiger partial charge in [-0.05, 0) is 12.8 Å². The van der Waals surface area contributed by atoms with E-state index in [-0.39, 0.29) is 12.6 Å². The molecule has 3 rings (SSSR count). The lowest BCUT2D eigenvalue weighted by molar-refractivity contribution is 0.251. The zero-order valence-electron chi connectivity index (χ0n) is 12.3. The third-order valence-electron chi connectivity index (χ3n) is 3.59. The van der Waals surface area contributed by atoms with E-state index in [0.717, 1.165) is 17.8 Å². The first kappa shape index (κ1) is 14.9. The number of aromatic nitrogens is 4. The Bertz CT molecular complexity index is 634. The van der Waals surface area contributed by atoms with Gasteiger partial charge in [0.2, 0.25) is 11.0 Å². The summed E-state index contributed by atoms with van der Waals surface area (Å²) in [4.78, 5) is 15.8. The van der Waals surface area contributed by atoms with Crippen LogP contribution in [-0.4, -0.2) is 26.4 Å². The van der Waals surface area contributed by atoms with Crippen LogP contribution in [0.3, 0.4) is 0 Å². The smallest absolute Gasteiger partial charge is 0.321 e. The summed E-state index contributed by atoms with van der Waals surface area (Å²) in [5.41, 5.74) is 0. The zero-order valence-corrected chi connectivity index (χ0v) is 13.2. The van der Waals surface area contributed by atoms with Gasteiger partial charge in [0.25, 0.3) is 0 Å². The highest BCUT2D eigenvalue weighted by atomic mass is 32.1. The van der Waals surface area contributed by atoms with Gasteiger partial charge < -0.3 is 9.84 Å². The molecule has 2 N–H and O–H groups in total. The Balaban J connectivity index is 1.50. The fraction of sp³-hybridized carbons (Fsp3) is 0.615. The van der Waals surface area contributed by atoms with Crippen molar-refractivity contribution in [3.63, 3.8) is 0 Å². The van der Waals surface area contributed by atoms with Crippen LogP contribution in [-0.2, 0) is 6.54 Å². The number of carbonyl (C=O) groups excluding carboxylic acids is 1. The second kappa shape index (κ2) is 6.82. The highest BCUT2D eigenvalue weighted by molar-refractivity contribution is 7.15. The molecule has 22 heavy (non-hydrogen) atoms. The van der Waals surface area contributed by atoms with Crippen molar-refractivity contribution in [1.82, 2.24) is 25.7 Å². The molecule has 2 aromatic rings. The molecular weight excluding hydrogens is 304 g/mol. The Morgan fingerprint density at radius 2 is 2.14 bits per heavy atom. The third-order valence-corrected chi connectivity index (χ3v) is 4.59. The van der Waals surface area contributed by atoms with Gasteiger partial charge in [-0.1, -0.05) is 35.8 Å². The van der Waals surface area contributed by atoms with Gasteiger partial charge in [0.15, 0.2) is 5.82 Å². The van der Waals surface area contributed by atoms with Crippen LogP contribution >= 0.6 is 11.3 Å². The van der Waals surface area contributed by atoms with E-state index in [2.05, 4.69) is 31.0 Å². The van der Waals surface area contributed by atoms with Gasteiger partial charge in [0.05, 0.1) is 6.54 Å². The van der Waals surface area contributed by atoms with Crippen molar-refractivity contribution in [3.05, 3.63) is 16.7 Å². The minimum absolute atomic E-state index is 0.206. The van der Waals surface area contributed by atoms with Crippen molar-refractivity contribution < 1.29 is 9.32 Å². The van der Waals surface area contributed by atoms with Crippen LogP contribution in [0.4, 0.5) is 9.93 Å². The maximum atomic E-state index is 11.8. The summed E-state index contributed by atoms with van der Waals surface area (Å²) in [7, 11) is 0. The van der Waals surface area contributed by atoms with Gasteiger partial charge in [-0.25, -0.2) is 4.79 Å². The van der Waals surface area contributed by atoms with Crippen molar-refractivity contribution in [2.75, 3.05) is 5.32 Å². The molecular formula is C13H18N6O2S. The first-order valence-electron chi connectivity index (χ1n) is 7.38. The lowest BCUT2D eigenvalue weighted by Gasteiger charge is -2.18. The second-order valence-electron chi connectivity index (χ2n) is 5.32. The van der Waals surface area contributed by atoms with Gasteiger partial charge in [-0.3, -0.25) is 5.32 Å². The minimum atomic E-state index is -0.353. The highest BCUT2D eigenvalue weighted by Crippen LogP contribution is 2.35. The van der Waals surface area contributed by atoms with Crippen molar-refractivity contribution in [2.45, 2.75) is 51.5 Å². The van der Waals surface area contributed by atoms with Crippen LogP contribution in [0.5, 0.6) is 0 Å². The van der Waals surface area contributed by atoms with E-state index in [0.29, 0.717) is 22.8 Å². The molecule has 0 unspecified atom stereocenters. The number of urea groups is 1. The molecule has 0 radical (unpaired) electrons. The molecule has 2 aromatic heterocycles. The van der Waals surface area contributed by atoms with Gasteiger partial charge in [-0.15, -0.1) is 10.2 Å². The average molecular weight is 322 g/mol. The summed E-state index contributed by atoms with van der Waals surface area (Å²) in [6.07, 6.45) is 6.13. The number of rotatable bonds is 4. The quantitative estimate of drug-likeness (QED) is 0.896. The number of hydrogen-bond donors (Lipinski definition) is 2. The number of amides is 2.